The summed E-state index contributed by atoms with van der Waals surface area (Å²) in [4.78, 5) is 8.46. The Morgan fingerprint density at radius 1 is 1.11 bits per heavy atom. The van der Waals surface area contributed by atoms with Crippen LogP contribution in [0.15, 0.2) is 72.0 Å². The van der Waals surface area contributed by atoms with Crippen LogP contribution in [0.3, 0.4) is 0 Å². The first-order valence-electron chi connectivity index (χ1n) is 7.80. The second-order valence-corrected chi connectivity index (χ2v) is 7.80. The number of nitrogens with zero attached hydrogens (tertiary/aromatic N) is 3. The number of rotatable bonds is 4. The number of sulfonamides is 1. The first kappa shape index (κ1) is 17.4. The summed E-state index contributed by atoms with van der Waals surface area (Å²) in [5, 5.41) is -0.256. The summed E-state index contributed by atoms with van der Waals surface area (Å²) in [5.74, 6) is -0.104. The van der Waals surface area contributed by atoms with Crippen LogP contribution in [-0.2, 0) is 10.0 Å². The fraction of sp³-hybridized carbons (Fsp3) is 0. The van der Waals surface area contributed by atoms with Gasteiger partial charge in [0.2, 0.25) is 5.78 Å². The molecule has 2 aromatic carbocycles. The molecule has 0 saturated heterocycles. The molecule has 0 bridgehead atoms. The van der Waals surface area contributed by atoms with E-state index in [1.807, 2.05) is 12.4 Å². The van der Waals surface area contributed by atoms with Crippen molar-refractivity contribution in [3.63, 3.8) is 0 Å². The van der Waals surface area contributed by atoms with Crippen LogP contribution in [0, 0.1) is 5.82 Å². The highest BCUT2D eigenvalue weighted by Gasteiger charge is 2.16. The standard InChI is InChI=1S/C18H12ClFN4O2S/c19-15-10-14(6-7-16(15)20)27(25,26)23-13-4-2-12(3-5-13)17-11-24-9-1-8-21-18(24)22-17/h1-11,23H. The van der Waals surface area contributed by atoms with Gasteiger partial charge in [-0.15, -0.1) is 0 Å². The predicted octanol–water partition coefficient (Wildman–Crippen LogP) is 3.99. The summed E-state index contributed by atoms with van der Waals surface area (Å²) in [6.07, 6.45) is 5.34. The van der Waals surface area contributed by atoms with Gasteiger partial charge in [-0.05, 0) is 36.4 Å². The molecule has 4 rings (SSSR count). The molecule has 1 N–H and O–H groups in total. The molecule has 2 heterocycles. The minimum absolute atomic E-state index is 0.121. The molecule has 6 nitrogen and oxygen atoms in total. The molecule has 0 aliphatic heterocycles. The Bertz CT molecular complexity index is 1210. The summed E-state index contributed by atoms with van der Waals surface area (Å²) in [6, 6.07) is 11.8. The molecule has 27 heavy (non-hydrogen) atoms. The first-order valence-corrected chi connectivity index (χ1v) is 9.66. The van der Waals surface area contributed by atoms with Crippen molar-refractivity contribution in [2.45, 2.75) is 4.90 Å². The maximum absolute atomic E-state index is 13.2. The average molecular weight is 403 g/mol. The summed E-state index contributed by atoms with van der Waals surface area (Å²) in [6.45, 7) is 0. The molecule has 136 valence electrons. The van der Waals surface area contributed by atoms with E-state index in [0.29, 0.717) is 17.2 Å². The lowest BCUT2D eigenvalue weighted by molar-refractivity contribution is 0.599. The molecular formula is C18H12ClFN4O2S. The SMILES string of the molecule is O=S(=O)(Nc1ccc(-c2cn3cccnc3n2)cc1)c1ccc(F)c(Cl)c1. The van der Waals surface area contributed by atoms with E-state index in [4.69, 9.17) is 11.6 Å². The van der Waals surface area contributed by atoms with Crippen molar-refractivity contribution in [2.24, 2.45) is 0 Å². The zero-order valence-corrected chi connectivity index (χ0v) is 15.2. The average Bonchev–Trinajstić information content (AvgIpc) is 3.08. The quantitative estimate of drug-likeness (QED) is 0.560. The Morgan fingerprint density at radius 3 is 2.59 bits per heavy atom. The highest BCUT2D eigenvalue weighted by Crippen LogP contribution is 2.24. The predicted molar refractivity (Wildman–Crippen MR) is 101 cm³/mol. The summed E-state index contributed by atoms with van der Waals surface area (Å²) < 4.78 is 42.3. The van der Waals surface area contributed by atoms with Crippen LogP contribution < -0.4 is 4.72 Å². The van der Waals surface area contributed by atoms with Crippen LogP contribution >= 0.6 is 11.6 Å². The molecule has 2 aromatic heterocycles. The molecule has 0 atom stereocenters. The van der Waals surface area contributed by atoms with Gasteiger partial charge in [-0.1, -0.05) is 23.7 Å². The van der Waals surface area contributed by atoms with Crippen LogP contribution in [0.4, 0.5) is 10.1 Å². The number of nitrogens with one attached hydrogen (secondary N) is 1. The highest BCUT2D eigenvalue weighted by atomic mass is 35.5. The van der Waals surface area contributed by atoms with Gasteiger partial charge < -0.3 is 0 Å². The highest BCUT2D eigenvalue weighted by molar-refractivity contribution is 7.92. The fourth-order valence-corrected chi connectivity index (χ4v) is 3.87. The minimum atomic E-state index is -3.88. The molecule has 0 aliphatic carbocycles. The minimum Gasteiger partial charge on any atom is -0.291 e. The van der Waals surface area contributed by atoms with E-state index in [0.717, 1.165) is 23.8 Å². The normalized spacial score (nSPS) is 11.6. The van der Waals surface area contributed by atoms with Crippen LogP contribution in [0.2, 0.25) is 5.02 Å². The Morgan fingerprint density at radius 2 is 1.89 bits per heavy atom. The van der Waals surface area contributed by atoms with Crippen molar-refractivity contribution < 1.29 is 12.8 Å². The lowest BCUT2D eigenvalue weighted by Crippen LogP contribution is -2.13. The van der Waals surface area contributed by atoms with Gasteiger partial charge in [0.15, 0.2) is 0 Å². The van der Waals surface area contributed by atoms with E-state index >= 15 is 0 Å². The molecular weight excluding hydrogens is 391 g/mol. The number of aromatic nitrogens is 3. The van der Waals surface area contributed by atoms with Crippen molar-refractivity contribution in [3.05, 3.63) is 78.0 Å². The molecule has 4 aromatic rings. The summed E-state index contributed by atoms with van der Waals surface area (Å²) in [7, 11) is -3.88. The smallest absolute Gasteiger partial charge is 0.261 e. The first-order chi connectivity index (χ1) is 12.9. The number of hydrogen-bond acceptors (Lipinski definition) is 4. The van der Waals surface area contributed by atoms with Gasteiger partial charge in [0.1, 0.15) is 5.82 Å². The van der Waals surface area contributed by atoms with Gasteiger partial charge in [-0.25, -0.2) is 22.8 Å². The van der Waals surface area contributed by atoms with E-state index in [2.05, 4.69) is 14.7 Å². The van der Waals surface area contributed by atoms with Gasteiger partial charge in [0.05, 0.1) is 15.6 Å². The van der Waals surface area contributed by atoms with Crippen LogP contribution in [-0.4, -0.2) is 22.8 Å². The number of halogens is 2. The third kappa shape index (κ3) is 3.49. The topological polar surface area (TPSA) is 76.4 Å². The Kier molecular flexibility index (Phi) is 4.29. The maximum Gasteiger partial charge on any atom is 0.261 e. The summed E-state index contributed by atoms with van der Waals surface area (Å²) in [5.41, 5.74) is 1.89. The largest absolute Gasteiger partial charge is 0.291 e. The van der Waals surface area contributed by atoms with Crippen molar-refractivity contribution in [2.75, 3.05) is 4.72 Å². The second kappa shape index (κ2) is 6.64. The second-order valence-electron chi connectivity index (χ2n) is 5.71. The van der Waals surface area contributed by atoms with Gasteiger partial charge >= 0.3 is 0 Å². The van der Waals surface area contributed by atoms with Crippen molar-refractivity contribution in [1.29, 1.82) is 0 Å². The van der Waals surface area contributed by atoms with E-state index < -0.39 is 15.8 Å². The number of fused-ring (bicyclic) bond motifs is 1. The Labute approximate surface area is 159 Å². The molecule has 0 unspecified atom stereocenters. The monoisotopic (exact) mass is 402 g/mol. The molecule has 0 amide bonds. The van der Waals surface area contributed by atoms with E-state index in [1.165, 1.54) is 0 Å². The fourth-order valence-electron chi connectivity index (χ4n) is 2.54. The third-order valence-corrected chi connectivity index (χ3v) is 5.54. The van der Waals surface area contributed by atoms with E-state index in [9.17, 15) is 12.8 Å². The Hall–Kier alpha value is -2.97. The molecule has 9 heteroatoms. The summed E-state index contributed by atoms with van der Waals surface area (Å²) >= 11 is 5.66. The maximum atomic E-state index is 13.2. The number of benzene rings is 2. The van der Waals surface area contributed by atoms with Crippen LogP contribution in [0.25, 0.3) is 17.0 Å². The van der Waals surface area contributed by atoms with E-state index in [1.54, 1.807) is 40.9 Å². The van der Waals surface area contributed by atoms with Crippen LogP contribution in [0.1, 0.15) is 0 Å². The number of hydrogen-bond donors (Lipinski definition) is 1. The van der Waals surface area contributed by atoms with Crippen LogP contribution in [0.5, 0.6) is 0 Å². The van der Waals surface area contributed by atoms with Gasteiger partial charge in [0, 0.05) is 29.8 Å². The number of anilines is 1. The van der Waals surface area contributed by atoms with Crippen molar-refractivity contribution in [3.8, 4) is 11.3 Å². The molecule has 0 fully saturated rings. The number of imidazole rings is 1. The molecule has 0 saturated carbocycles. The van der Waals surface area contributed by atoms with Gasteiger partial charge in [-0.2, -0.15) is 0 Å². The lowest BCUT2D eigenvalue weighted by atomic mass is 10.1. The van der Waals surface area contributed by atoms with Crippen molar-refractivity contribution >= 4 is 33.1 Å². The van der Waals surface area contributed by atoms with Crippen molar-refractivity contribution in [1.82, 2.24) is 14.4 Å². The molecule has 0 aliphatic rings. The zero-order valence-electron chi connectivity index (χ0n) is 13.7. The van der Waals surface area contributed by atoms with E-state index in [-0.39, 0.29) is 9.92 Å². The zero-order chi connectivity index (χ0) is 19.0. The lowest BCUT2D eigenvalue weighted by Gasteiger charge is -2.09. The molecule has 0 spiro atoms. The molecule has 0 radical (unpaired) electrons. The van der Waals surface area contributed by atoms with Gasteiger partial charge in [-0.3, -0.25) is 9.12 Å². The third-order valence-electron chi connectivity index (χ3n) is 3.87. The van der Waals surface area contributed by atoms with Gasteiger partial charge in [0.25, 0.3) is 10.0 Å². The Balaban J connectivity index is 1.59.